The molecule has 0 radical (unpaired) electrons. The second-order valence-corrected chi connectivity index (χ2v) is 16.5. The first-order valence-electron chi connectivity index (χ1n) is 20.4. The van der Waals surface area contributed by atoms with Crippen LogP contribution in [0.2, 0.25) is 0 Å². The van der Waals surface area contributed by atoms with Crippen LogP contribution < -0.4 is 19.6 Å². The average molecular weight is 831 g/mol. The molecule has 0 spiro atoms. The molecule has 1 saturated carbocycles. The number of azo groups is 2. The summed E-state index contributed by atoms with van der Waals surface area (Å²) >= 11 is 0. The molecule has 2 saturated heterocycles. The van der Waals surface area contributed by atoms with Crippen LogP contribution in [0.1, 0.15) is 24.3 Å². The van der Waals surface area contributed by atoms with Gasteiger partial charge in [-0.15, -0.1) is 0 Å². The highest BCUT2D eigenvalue weighted by molar-refractivity contribution is 6.24. The first-order chi connectivity index (χ1) is 29.9. The summed E-state index contributed by atoms with van der Waals surface area (Å²) in [5.41, 5.74) is 5.90. The van der Waals surface area contributed by atoms with Crippen molar-refractivity contribution >= 4 is 69.1 Å². The molecule has 14 heteroatoms. The maximum atomic E-state index is 15.1. The molecular formula is C48H43FN8O5. The number of halogens is 1. The monoisotopic (exact) mass is 830 g/mol. The third kappa shape index (κ3) is 7.00. The fourth-order valence-electron chi connectivity index (χ4n) is 9.43. The molecule has 4 amide bonds. The number of benzene rings is 5. The van der Waals surface area contributed by atoms with E-state index in [0.29, 0.717) is 39.7 Å². The van der Waals surface area contributed by atoms with E-state index in [4.69, 9.17) is 0 Å². The molecule has 13 nitrogen and oxygen atoms in total. The van der Waals surface area contributed by atoms with Crippen LogP contribution in [0.15, 0.2) is 147 Å². The van der Waals surface area contributed by atoms with Crippen molar-refractivity contribution in [2.75, 3.05) is 47.8 Å². The molecule has 5 aromatic carbocycles. The number of hydrogen-bond donors (Lipinski definition) is 1. The van der Waals surface area contributed by atoms with Gasteiger partial charge in [-0.1, -0.05) is 23.8 Å². The molecule has 62 heavy (non-hydrogen) atoms. The van der Waals surface area contributed by atoms with E-state index in [0.717, 1.165) is 22.3 Å². The van der Waals surface area contributed by atoms with Crippen LogP contribution in [-0.4, -0.2) is 56.9 Å². The number of phenolic OH excluding ortho intramolecular Hbond substituents is 1. The molecule has 0 aromatic heterocycles. The summed E-state index contributed by atoms with van der Waals surface area (Å²) in [6, 6.07) is 32.5. The topological polar surface area (TPSA) is 151 Å². The minimum atomic E-state index is -0.991. The van der Waals surface area contributed by atoms with E-state index in [-0.39, 0.29) is 24.3 Å². The van der Waals surface area contributed by atoms with E-state index >= 15 is 4.39 Å². The van der Waals surface area contributed by atoms with Gasteiger partial charge in [0.05, 0.1) is 57.8 Å². The van der Waals surface area contributed by atoms with Gasteiger partial charge in [-0.2, -0.15) is 20.5 Å². The van der Waals surface area contributed by atoms with E-state index in [1.54, 1.807) is 54.6 Å². The largest absolute Gasteiger partial charge is 0.505 e. The summed E-state index contributed by atoms with van der Waals surface area (Å²) in [6.07, 6.45) is 2.17. The number of carbonyl (C=O) groups is 4. The molecule has 2 heterocycles. The van der Waals surface area contributed by atoms with Gasteiger partial charge in [0.25, 0.3) is 0 Å². The molecule has 1 N–H and O–H groups in total. The highest BCUT2D eigenvalue weighted by Gasteiger charge is 2.62. The Morgan fingerprint density at radius 3 is 1.45 bits per heavy atom. The van der Waals surface area contributed by atoms with Gasteiger partial charge in [0.2, 0.25) is 23.6 Å². The fraction of sp³-hybridized carbons (Fsp3) is 0.250. The van der Waals surface area contributed by atoms with Crippen LogP contribution in [-0.2, 0) is 19.2 Å². The summed E-state index contributed by atoms with van der Waals surface area (Å²) in [4.78, 5) is 64.0. The van der Waals surface area contributed by atoms with E-state index in [1.807, 2.05) is 92.6 Å². The molecule has 3 fully saturated rings. The highest BCUT2D eigenvalue weighted by Crippen LogP contribution is 2.59. The van der Waals surface area contributed by atoms with Crippen molar-refractivity contribution in [1.82, 2.24) is 0 Å². The number of aromatic hydroxyl groups is 1. The van der Waals surface area contributed by atoms with Crippen molar-refractivity contribution < 1.29 is 28.7 Å². The lowest BCUT2D eigenvalue weighted by Gasteiger charge is -2.44. The van der Waals surface area contributed by atoms with Crippen LogP contribution in [0.5, 0.6) is 5.75 Å². The first-order valence-corrected chi connectivity index (χ1v) is 20.4. The minimum Gasteiger partial charge on any atom is -0.505 e. The maximum Gasteiger partial charge on any atom is 0.238 e. The third-order valence-electron chi connectivity index (χ3n) is 12.5. The number of nitrogens with zero attached hydrogens (tertiary/aromatic N) is 8. The summed E-state index contributed by atoms with van der Waals surface area (Å²) in [5, 5.41) is 28.4. The number of phenols is 1. The van der Waals surface area contributed by atoms with E-state index in [2.05, 4.69) is 20.5 Å². The Hall–Kier alpha value is -7.35. The smallest absolute Gasteiger partial charge is 0.238 e. The molecular weight excluding hydrogens is 788 g/mol. The van der Waals surface area contributed by atoms with Gasteiger partial charge in [-0.3, -0.25) is 29.0 Å². The van der Waals surface area contributed by atoms with Gasteiger partial charge in [-0.25, -0.2) is 4.39 Å². The van der Waals surface area contributed by atoms with Gasteiger partial charge in [0.15, 0.2) is 11.6 Å². The lowest BCUT2D eigenvalue weighted by molar-refractivity contribution is -0.126. The fourth-order valence-corrected chi connectivity index (χ4v) is 9.43. The SMILES string of the molecule is CN(C)c1ccc(N=Nc2ccc(N3C(=O)C4CC=C5C(CC6C(=O)N(c7ccc(N=Nc8ccc(N(C)C)cc8)cc7)C(=O)C6C5c5cccc(F)c5O)C4C3=O)cc2)cc1. The summed E-state index contributed by atoms with van der Waals surface area (Å²) in [5.74, 6) is -8.26. The molecule has 2 aliphatic carbocycles. The summed E-state index contributed by atoms with van der Waals surface area (Å²) in [6.45, 7) is 0. The van der Waals surface area contributed by atoms with Gasteiger partial charge in [-0.05, 0) is 122 Å². The van der Waals surface area contributed by atoms with E-state index in [1.165, 1.54) is 11.0 Å². The standard InChI is InChI=1S/C48H43FN8O5/c1-54(2)31-16-8-27(9-17-31)50-52-29-12-20-33(21-13-29)56-45(59)37-25-24-35-38(42(37)47(56)61)26-39-43(41(35)36-6-5-7-40(49)44(36)58)48(62)57(46(39)60)34-22-14-30(15-23-34)53-51-28-10-18-32(19-11-28)55(3)4/h5-24,37-39,41-43,58H,25-26H2,1-4H3. The first kappa shape index (κ1) is 40.1. The molecule has 6 atom stereocenters. The third-order valence-corrected chi connectivity index (χ3v) is 12.5. The number of imide groups is 2. The lowest BCUT2D eigenvalue weighted by Crippen LogP contribution is -2.43. The van der Waals surface area contributed by atoms with Crippen LogP contribution in [0.3, 0.4) is 0 Å². The predicted octanol–water partition coefficient (Wildman–Crippen LogP) is 9.54. The molecule has 5 aromatic rings. The van der Waals surface area contributed by atoms with E-state index < -0.39 is 64.8 Å². The molecule has 2 aliphatic heterocycles. The maximum absolute atomic E-state index is 15.1. The van der Waals surface area contributed by atoms with Crippen molar-refractivity contribution in [1.29, 1.82) is 0 Å². The zero-order valence-corrected chi connectivity index (χ0v) is 34.5. The Morgan fingerprint density at radius 2 is 0.984 bits per heavy atom. The Morgan fingerprint density at radius 1 is 0.548 bits per heavy atom. The average Bonchev–Trinajstić information content (AvgIpc) is 3.69. The number of amides is 4. The van der Waals surface area contributed by atoms with Crippen LogP contribution >= 0.6 is 0 Å². The predicted molar refractivity (Wildman–Crippen MR) is 233 cm³/mol. The summed E-state index contributed by atoms with van der Waals surface area (Å²) in [7, 11) is 7.80. The quantitative estimate of drug-likeness (QED) is 0.0883. The Bertz CT molecular complexity index is 2680. The van der Waals surface area contributed by atoms with Gasteiger partial charge >= 0.3 is 0 Å². The molecule has 0 bridgehead atoms. The number of anilines is 4. The molecule has 4 aliphatic rings. The van der Waals surface area contributed by atoms with Crippen LogP contribution in [0, 0.1) is 35.4 Å². The Kier molecular flexibility index (Phi) is 10.3. The highest BCUT2D eigenvalue weighted by atomic mass is 19.1. The number of rotatable bonds is 9. The number of fused-ring (bicyclic) bond motifs is 4. The minimum absolute atomic E-state index is 0.117. The van der Waals surface area contributed by atoms with Gasteiger partial charge in [0.1, 0.15) is 0 Å². The normalized spacial score (nSPS) is 23.2. The van der Waals surface area contributed by atoms with Crippen molar-refractivity contribution in [2.45, 2.75) is 18.8 Å². The number of allylic oxidation sites excluding steroid dienone is 2. The summed E-state index contributed by atoms with van der Waals surface area (Å²) < 4.78 is 15.1. The van der Waals surface area contributed by atoms with Crippen molar-refractivity contribution in [3.63, 3.8) is 0 Å². The van der Waals surface area contributed by atoms with Crippen LogP contribution in [0.4, 0.5) is 49.9 Å². The molecule has 6 unspecified atom stereocenters. The second-order valence-electron chi connectivity index (χ2n) is 16.5. The van der Waals surface area contributed by atoms with Crippen molar-refractivity contribution in [3.8, 4) is 5.75 Å². The molecule has 312 valence electrons. The number of hydrogen-bond acceptors (Lipinski definition) is 11. The number of carbonyl (C=O) groups excluding carboxylic acids is 4. The Labute approximate surface area is 357 Å². The van der Waals surface area contributed by atoms with Crippen LogP contribution in [0.25, 0.3) is 0 Å². The van der Waals surface area contributed by atoms with Gasteiger partial charge in [0, 0.05) is 51.0 Å². The van der Waals surface area contributed by atoms with Crippen molar-refractivity contribution in [3.05, 3.63) is 138 Å². The van der Waals surface area contributed by atoms with Gasteiger partial charge < -0.3 is 14.9 Å². The Balaban J connectivity index is 0.988. The second kappa shape index (κ2) is 15.9. The van der Waals surface area contributed by atoms with Crippen molar-refractivity contribution in [2.24, 2.45) is 50.0 Å². The van der Waals surface area contributed by atoms with E-state index in [9.17, 15) is 24.3 Å². The zero-order valence-electron chi connectivity index (χ0n) is 34.5. The number of para-hydroxylation sites is 1. The zero-order chi connectivity index (χ0) is 43.4. The lowest BCUT2D eigenvalue weighted by atomic mass is 9.57. The molecule has 9 rings (SSSR count).